The molecule has 0 radical (unpaired) electrons. The molecule has 1 fully saturated rings. The van der Waals surface area contributed by atoms with Crippen molar-refractivity contribution in [1.82, 2.24) is 15.1 Å². The summed E-state index contributed by atoms with van der Waals surface area (Å²) in [5.74, 6) is 0.262. The summed E-state index contributed by atoms with van der Waals surface area (Å²) in [6, 6.07) is 12.3. The van der Waals surface area contributed by atoms with Crippen LogP contribution in [0.2, 0.25) is 5.02 Å². The van der Waals surface area contributed by atoms with Gasteiger partial charge in [0.2, 0.25) is 11.8 Å². The first-order valence-electron chi connectivity index (χ1n) is 10.6. The van der Waals surface area contributed by atoms with Gasteiger partial charge in [-0.3, -0.25) is 14.5 Å². The molecule has 2 amide bonds. The maximum absolute atomic E-state index is 12.4. The highest BCUT2D eigenvalue weighted by molar-refractivity contribution is 7.15. The Labute approximate surface area is 188 Å². The fourth-order valence-corrected chi connectivity index (χ4v) is 5.03. The van der Waals surface area contributed by atoms with E-state index in [9.17, 15) is 9.59 Å². The summed E-state index contributed by atoms with van der Waals surface area (Å²) in [4.78, 5) is 30.2. The van der Waals surface area contributed by atoms with Gasteiger partial charge in [0.25, 0.3) is 0 Å². The van der Waals surface area contributed by atoms with Gasteiger partial charge in [-0.15, -0.1) is 11.3 Å². The fraction of sp³-hybridized carbons (Fsp3) is 0.478. The molecule has 1 saturated heterocycles. The number of hydrogen-bond donors (Lipinski definition) is 1. The van der Waals surface area contributed by atoms with Crippen LogP contribution in [0, 0.1) is 0 Å². The lowest BCUT2D eigenvalue weighted by Gasteiger charge is -2.34. The molecule has 0 aliphatic carbocycles. The van der Waals surface area contributed by atoms with E-state index in [1.54, 1.807) is 11.3 Å². The number of unbranched alkanes of at least 4 members (excludes halogenated alkanes) is 2. The van der Waals surface area contributed by atoms with Gasteiger partial charge in [-0.2, -0.15) is 0 Å². The molecule has 162 valence electrons. The second-order valence-electron chi connectivity index (χ2n) is 7.70. The summed E-state index contributed by atoms with van der Waals surface area (Å²) in [6.07, 6.45) is 3.39. The fourth-order valence-electron chi connectivity index (χ4n) is 3.64. The molecule has 1 N–H and O–H groups in total. The van der Waals surface area contributed by atoms with E-state index in [1.807, 2.05) is 23.1 Å². The molecule has 2 aromatic rings. The SMILES string of the molecule is CC(=O)NCCCCCC(=O)N1CCN(Cc2ccc(-c3ccccc3Cl)s2)CC1. The van der Waals surface area contributed by atoms with Crippen LogP contribution in [0.15, 0.2) is 36.4 Å². The molecule has 0 bridgehead atoms. The predicted octanol–water partition coefficient (Wildman–Crippen LogP) is 4.41. The summed E-state index contributed by atoms with van der Waals surface area (Å²) in [6.45, 7) is 6.56. The number of piperazine rings is 1. The molecule has 1 aliphatic heterocycles. The molecule has 0 unspecified atom stereocenters. The molecular formula is C23H30ClN3O2S. The van der Waals surface area contributed by atoms with Crippen LogP contribution in [-0.4, -0.2) is 54.3 Å². The number of carbonyl (C=O) groups excluding carboxylic acids is 2. The molecular weight excluding hydrogens is 418 g/mol. The summed E-state index contributed by atoms with van der Waals surface area (Å²) in [5.41, 5.74) is 1.09. The molecule has 30 heavy (non-hydrogen) atoms. The molecule has 0 spiro atoms. The average molecular weight is 448 g/mol. The maximum Gasteiger partial charge on any atom is 0.222 e. The van der Waals surface area contributed by atoms with Gasteiger partial charge in [0, 0.05) is 73.0 Å². The smallest absolute Gasteiger partial charge is 0.222 e. The van der Waals surface area contributed by atoms with Gasteiger partial charge in [0.1, 0.15) is 0 Å². The third-order valence-corrected chi connectivity index (χ3v) is 6.78. The second kappa shape index (κ2) is 11.5. The Hall–Kier alpha value is -1.89. The van der Waals surface area contributed by atoms with E-state index in [0.717, 1.165) is 62.6 Å². The first kappa shape index (κ1) is 22.8. The van der Waals surface area contributed by atoms with Crippen molar-refractivity contribution >= 4 is 34.8 Å². The average Bonchev–Trinajstić information content (AvgIpc) is 3.19. The van der Waals surface area contributed by atoms with Crippen LogP contribution in [0.25, 0.3) is 10.4 Å². The third-order valence-electron chi connectivity index (χ3n) is 5.35. The Morgan fingerprint density at radius 1 is 1.03 bits per heavy atom. The van der Waals surface area contributed by atoms with Crippen LogP contribution in [0.1, 0.15) is 37.5 Å². The number of rotatable bonds is 9. The maximum atomic E-state index is 12.4. The van der Waals surface area contributed by atoms with Crippen LogP contribution in [0.5, 0.6) is 0 Å². The van der Waals surface area contributed by atoms with Crippen molar-refractivity contribution in [3.05, 3.63) is 46.3 Å². The minimum Gasteiger partial charge on any atom is -0.356 e. The van der Waals surface area contributed by atoms with Gasteiger partial charge >= 0.3 is 0 Å². The predicted molar refractivity (Wildman–Crippen MR) is 124 cm³/mol. The van der Waals surface area contributed by atoms with E-state index in [1.165, 1.54) is 16.7 Å². The summed E-state index contributed by atoms with van der Waals surface area (Å²) in [7, 11) is 0. The monoisotopic (exact) mass is 447 g/mol. The lowest BCUT2D eigenvalue weighted by molar-refractivity contribution is -0.133. The first-order chi connectivity index (χ1) is 14.5. The van der Waals surface area contributed by atoms with Crippen molar-refractivity contribution in [2.45, 2.75) is 39.2 Å². The summed E-state index contributed by atoms with van der Waals surface area (Å²) < 4.78 is 0. The topological polar surface area (TPSA) is 52.7 Å². The van der Waals surface area contributed by atoms with E-state index in [4.69, 9.17) is 11.6 Å². The molecule has 2 heterocycles. The van der Waals surface area contributed by atoms with Gasteiger partial charge in [0.05, 0.1) is 0 Å². The normalized spacial score (nSPS) is 14.7. The molecule has 0 saturated carbocycles. The van der Waals surface area contributed by atoms with Crippen molar-refractivity contribution < 1.29 is 9.59 Å². The van der Waals surface area contributed by atoms with E-state index in [2.05, 4.69) is 28.4 Å². The highest BCUT2D eigenvalue weighted by Crippen LogP contribution is 2.33. The van der Waals surface area contributed by atoms with Crippen molar-refractivity contribution in [3.63, 3.8) is 0 Å². The zero-order valence-electron chi connectivity index (χ0n) is 17.5. The van der Waals surface area contributed by atoms with Crippen LogP contribution < -0.4 is 5.32 Å². The quantitative estimate of drug-likeness (QED) is 0.579. The van der Waals surface area contributed by atoms with Gasteiger partial charge in [-0.25, -0.2) is 0 Å². The minimum atomic E-state index is 0.00610. The highest BCUT2D eigenvalue weighted by Gasteiger charge is 2.21. The zero-order valence-corrected chi connectivity index (χ0v) is 19.1. The summed E-state index contributed by atoms with van der Waals surface area (Å²) in [5, 5.41) is 3.58. The highest BCUT2D eigenvalue weighted by atomic mass is 35.5. The van der Waals surface area contributed by atoms with Gasteiger partial charge < -0.3 is 10.2 Å². The van der Waals surface area contributed by atoms with E-state index < -0.39 is 0 Å². The lowest BCUT2D eigenvalue weighted by Crippen LogP contribution is -2.48. The number of benzene rings is 1. The first-order valence-corrected chi connectivity index (χ1v) is 11.8. The van der Waals surface area contributed by atoms with Crippen LogP contribution in [0.4, 0.5) is 0 Å². The molecule has 5 nitrogen and oxygen atoms in total. The van der Waals surface area contributed by atoms with Crippen molar-refractivity contribution in [2.75, 3.05) is 32.7 Å². The Kier molecular flexibility index (Phi) is 8.73. The Morgan fingerprint density at radius 2 is 1.80 bits per heavy atom. The van der Waals surface area contributed by atoms with Crippen molar-refractivity contribution in [2.24, 2.45) is 0 Å². The lowest BCUT2D eigenvalue weighted by atomic mass is 10.1. The number of carbonyl (C=O) groups is 2. The van der Waals surface area contributed by atoms with Gasteiger partial charge in [-0.1, -0.05) is 36.2 Å². The zero-order chi connectivity index (χ0) is 21.3. The van der Waals surface area contributed by atoms with Crippen molar-refractivity contribution in [1.29, 1.82) is 0 Å². The third kappa shape index (κ3) is 6.83. The minimum absolute atomic E-state index is 0.00610. The van der Waals surface area contributed by atoms with Gasteiger partial charge in [0.15, 0.2) is 0 Å². The molecule has 7 heteroatoms. The molecule has 1 aromatic carbocycles. The van der Waals surface area contributed by atoms with Crippen LogP contribution >= 0.6 is 22.9 Å². The molecule has 3 rings (SSSR count). The Bertz CT molecular complexity index is 846. The number of nitrogens with zero attached hydrogens (tertiary/aromatic N) is 2. The van der Waals surface area contributed by atoms with Crippen molar-refractivity contribution in [3.8, 4) is 10.4 Å². The van der Waals surface area contributed by atoms with E-state index in [-0.39, 0.29) is 11.8 Å². The summed E-state index contributed by atoms with van der Waals surface area (Å²) >= 11 is 8.11. The van der Waals surface area contributed by atoms with Crippen LogP contribution in [0.3, 0.4) is 0 Å². The van der Waals surface area contributed by atoms with E-state index >= 15 is 0 Å². The number of thiophene rings is 1. The van der Waals surface area contributed by atoms with Crippen LogP contribution in [-0.2, 0) is 16.1 Å². The number of halogens is 1. The number of hydrogen-bond acceptors (Lipinski definition) is 4. The molecule has 0 atom stereocenters. The van der Waals surface area contributed by atoms with E-state index in [0.29, 0.717) is 13.0 Å². The second-order valence-corrected chi connectivity index (χ2v) is 9.27. The molecule has 1 aromatic heterocycles. The number of amides is 2. The Morgan fingerprint density at radius 3 is 2.53 bits per heavy atom. The standard InChI is InChI=1S/C23H30ClN3O2S/c1-18(28)25-12-6-2-3-9-23(29)27-15-13-26(14-16-27)17-19-10-11-22(30-19)20-7-4-5-8-21(20)24/h4-5,7-8,10-11H,2-3,6,9,12-17H2,1H3,(H,25,28). The number of nitrogens with one attached hydrogen (secondary N) is 1. The molecule has 1 aliphatic rings. The van der Waals surface area contributed by atoms with Gasteiger partial charge in [-0.05, 0) is 31.0 Å². The largest absolute Gasteiger partial charge is 0.356 e. The Balaban J connectivity index is 1.37.